The van der Waals surface area contributed by atoms with Crippen LogP contribution in [0.5, 0.6) is 0 Å². The highest BCUT2D eigenvalue weighted by Gasteiger charge is 2.16. The molecule has 0 fully saturated rings. The Hall–Kier alpha value is -1.62. The highest BCUT2D eigenvalue weighted by atomic mass is 32.1. The van der Waals surface area contributed by atoms with Crippen molar-refractivity contribution in [2.45, 2.75) is 13.3 Å². The van der Waals surface area contributed by atoms with E-state index in [1.807, 2.05) is 11.4 Å². The molecule has 1 aromatic heterocycles. The van der Waals surface area contributed by atoms with Gasteiger partial charge >= 0.3 is 5.97 Å². The molecule has 1 aromatic rings. The zero-order chi connectivity index (χ0) is 13.4. The smallest absolute Gasteiger partial charge is 0.307 e. The van der Waals surface area contributed by atoms with Crippen molar-refractivity contribution in [1.82, 2.24) is 4.90 Å². The maximum absolute atomic E-state index is 12.1. The van der Waals surface area contributed by atoms with Crippen molar-refractivity contribution in [3.05, 3.63) is 35.0 Å². The normalized spacial score (nSPS) is 9.83. The van der Waals surface area contributed by atoms with Gasteiger partial charge in [-0.1, -0.05) is 12.1 Å². The number of hydrogen-bond acceptors (Lipinski definition) is 4. The molecular weight excluding hydrogens is 250 g/mol. The van der Waals surface area contributed by atoms with Crippen molar-refractivity contribution in [3.8, 4) is 0 Å². The summed E-state index contributed by atoms with van der Waals surface area (Å²) in [5.74, 6) is -0.361. The Labute approximate surface area is 111 Å². The summed E-state index contributed by atoms with van der Waals surface area (Å²) >= 11 is 1.39. The van der Waals surface area contributed by atoms with E-state index in [2.05, 4.69) is 6.58 Å². The van der Waals surface area contributed by atoms with E-state index >= 15 is 0 Å². The Bertz CT molecular complexity index is 400. The average molecular weight is 267 g/mol. The molecular formula is C13H17NO3S. The van der Waals surface area contributed by atoms with E-state index in [-0.39, 0.29) is 18.3 Å². The second kappa shape index (κ2) is 7.66. The molecule has 1 heterocycles. The van der Waals surface area contributed by atoms with E-state index in [1.165, 1.54) is 11.3 Å². The quantitative estimate of drug-likeness (QED) is 0.562. The third-order valence-electron chi connectivity index (χ3n) is 2.26. The van der Waals surface area contributed by atoms with Gasteiger partial charge in [-0.3, -0.25) is 9.59 Å². The molecule has 1 rings (SSSR count). The first-order chi connectivity index (χ1) is 8.69. The summed E-state index contributed by atoms with van der Waals surface area (Å²) in [6.45, 7) is 6.52. The van der Waals surface area contributed by atoms with E-state index in [1.54, 1.807) is 24.0 Å². The van der Waals surface area contributed by atoms with Gasteiger partial charge in [0.25, 0.3) is 5.91 Å². The molecule has 0 aromatic carbocycles. The number of carbonyl (C=O) groups excluding carboxylic acids is 2. The molecule has 5 heteroatoms. The molecule has 0 unspecified atom stereocenters. The van der Waals surface area contributed by atoms with Crippen LogP contribution in [-0.4, -0.2) is 36.5 Å². The maximum atomic E-state index is 12.1. The third-order valence-corrected chi connectivity index (χ3v) is 3.12. The molecule has 0 N–H and O–H groups in total. The summed E-state index contributed by atoms with van der Waals surface area (Å²) in [4.78, 5) is 25.6. The molecule has 0 saturated heterocycles. The molecule has 0 aliphatic rings. The largest absolute Gasteiger partial charge is 0.466 e. The average Bonchev–Trinajstić information content (AvgIpc) is 2.87. The van der Waals surface area contributed by atoms with Gasteiger partial charge in [0.2, 0.25) is 0 Å². The van der Waals surface area contributed by atoms with Crippen LogP contribution >= 0.6 is 11.3 Å². The second-order valence-electron chi connectivity index (χ2n) is 3.57. The fraction of sp³-hybridized carbons (Fsp3) is 0.385. The summed E-state index contributed by atoms with van der Waals surface area (Å²) in [7, 11) is 0. The summed E-state index contributed by atoms with van der Waals surface area (Å²) < 4.78 is 4.84. The highest BCUT2D eigenvalue weighted by molar-refractivity contribution is 7.12. The fourth-order valence-electron chi connectivity index (χ4n) is 1.45. The summed E-state index contributed by atoms with van der Waals surface area (Å²) in [6, 6.07) is 3.60. The fourth-order valence-corrected chi connectivity index (χ4v) is 2.14. The van der Waals surface area contributed by atoms with Crippen LogP contribution in [0.25, 0.3) is 0 Å². The number of amides is 1. The topological polar surface area (TPSA) is 46.6 Å². The van der Waals surface area contributed by atoms with Crippen LogP contribution in [0, 0.1) is 0 Å². The Morgan fingerprint density at radius 1 is 1.56 bits per heavy atom. The van der Waals surface area contributed by atoms with Gasteiger partial charge in [0.05, 0.1) is 17.9 Å². The van der Waals surface area contributed by atoms with E-state index in [9.17, 15) is 9.59 Å². The van der Waals surface area contributed by atoms with Crippen LogP contribution in [0.2, 0.25) is 0 Å². The number of carbonyl (C=O) groups is 2. The number of thiophene rings is 1. The number of esters is 1. The van der Waals surface area contributed by atoms with E-state index in [4.69, 9.17) is 4.74 Å². The second-order valence-corrected chi connectivity index (χ2v) is 4.52. The van der Waals surface area contributed by atoms with Crippen LogP contribution in [0.4, 0.5) is 0 Å². The molecule has 0 radical (unpaired) electrons. The first kappa shape index (κ1) is 14.4. The van der Waals surface area contributed by atoms with Gasteiger partial charge in [-0.2, -0.15) is 0 Å². The molecule has 0 atom stereocenters. The minimum atomic E-state index is -0.287. The molecule has 98 valence electrons. The summed E-state index contributed by atoms with van der Waals surface area (Å²) in [5, 5.41) is 1.85. The standard InChI is InChI=1S/C13H17NO3S/c1-3-8-14(9-7-12(15)17-4-2)13(16)11-6-5-10-18-11/h3,5-6,10H,1,4,7-9H2,2H3. The maximum Gasteiger partial charge on any atom is 0.307 e. The summed E-state index contributed by atoms with van der Waals surface area (Å²) in [5.41, 5.74) is 0. The van der Waals surface area contributed by atoms with Gasteiger partial charge in [-0.15, -0.1) is 17.9 Å². The first-order valence-electron chi connectivity index (χ1n) is 5.78. The van der Waals surface area contributed by atoms with Crippen LogP contribution in [0.3, 0.4) is 0 Å². The molecule has 0 bridgehead atoms. The van der Waals surface area contributed by atoms with Gasteiger partial charge in [0.15, 0.2) is 0 Å². The van der Waals surface area contributed by atoms with Crippen LogP contribution in [0.1, 0.15) is 23.0 Å². The van der Waals surface area contributed by atoms with Gasteiger partial charge in [0, 0.05) is 13.1 Å². The zero-order valence-electron chi connectivity index (χ0n) is 10.4. The molecule has 1 amide bonds. The van der Waals surface area contributed by atoms with E-state index < -0.39 is 0 Å². The predicted molar refractivity (Wildman–Crippen MR) is 71.7 cm³/mol. The molecule has 0 aliphatic heterocycles. The third kappa shape index (κ3) is 4.33. The Balaban J connectivity index is 2.57. The Morgan fingerprint density at radius 3 is 2.89 bits per heavy atom. The lowest BCUT2D eigenvalue weighted by molar-refractivity contribution is -0.143. The Kier molecular flexibility index (Phi) is 6.14. The van der Waals surface area contributed by atoms with E-state index in [0.717, 1.165) is 0 Å². The number of hydrogen-bond donors (Lipinski definition) is 0. The van der Waals surface area contributed by atoms with Gasteiger partial charge < -0.3 is 9.64 Å². The monoisotopic (exact) mass is 267 g/mol. The van der Waals surface area contributed by atoms with Crippen LogP contribution in [0.15, 0.2) is 30.2 Å². The van der Waals surface area contributed by atoms with Crippen molar-refractivity contribution in [2.24, 2.45) is 0 Å². The number of ether oxygens (including phenoxy) is 1. The molecule has 0 aliphatic carbocycles. The molecule has 0 spiro atoms. The number of rotatable bonds is 7. The van der Waals surface area contributed by atoms with Gasteiger partial charge in [-0.25, -0.2) is 0 Å². The highest BCUT2D eigenvalue weighted by Crippen LogP contribution is 2.12. The lowest BCUT2D eigenvalue weighted by Crippen LogP contribution is -2.33. The first-order valence-corrected chi connectivity index (χ1v) is 6.66. The SMILES string of the molecule is C=CCN(CCC(=O)OCC)C(=O)c1cccs1. The zero-order valence-corrected chi connectivity index (χ0v) is 11.2. The number of nitrogens with zero attached hydrogens (tertiary/aromatic N) is 1. The molecule has 18 heavy (non-hydrogen) atoms. The van der Waals surface area contributed by atoms with Crippen LogP contribution in [-0.2, 0) is 9.53 Å². The minimum absolute atomic E-state index is 0.0748. The van der Waals surface area contributed by atoms with Crippen molar-refractivity contribution in [1.29, 1.82) is 0 Å². The van der Waals surface area contributed by atoms with Gasteiger partial charge in [0.1, 0.15) is 0 Å². The molecule has 0 saturated carbocycles. The molecule has 4 nitrogen and oxygen atoms in total. The van der Waals surface area contributed by atoms with Crippen molar-refractivity contribution in [2.75, 3.05) is 19.7 Å². The van der Waals surface area contributed by atoms with Crippen molar-refractivity contribution >= 4 is 23.2 Å². The predicted octanol–water partition coefficient (Wildman–Crippen LogP) is 2.33. The van der Waals surface area contributed by atoms with Crippen molar-refractivity contribution < 1.29 is 14.3 Å². The van der Waals surface area contributed by atoms with Gasteiger partial charge in [-0.05, 0) is 18.4 Å². The van der Waals surface area contributed by atoms with E-state index in [0.29, 0.717) is 24.6 Å². The van der Waals surface area contributed by atoms with Crippen LogP contribution < -0.4 is 0 Å². The summed E-state index contributed by atoms with van der Waals surface area (Å²) in [6.07, 6.45) is 1.86. The van der Waals surface area contributed by atoms with Crippen molar-refractivity contribution in [3.63, 3.8) is 0 Å². The minimum Gasteiger partial charge on any atom is -0.466 e. The lowest BCUT2D eigenvalue weighted by Gasteiger charge is -2.19. The Morgan fingerprint density at radius 2 is 2.33 bits per heavy atom. The lowest BCUT2D eigenvalue weighted by atomic mass is 10.3.